The van der Waals surface area contributed by atoms with E-state index in [0.717, 1.165) is 25.8 Å². The maximum absolute atomic E-state index is 13.4. The van der Waals surface area contributed by atoms with Crippen LogP contribution in [0.3, 0.4) is 0 Å². The second-order valence-electron chi connectivity index (χ2n) is 9.81. The average molecular weight is 437 g/mol. The van der Waals surface area contributed by atoms with Gasteiger partial charge in [0.25, 0.3) is 0 Å². The molecule has 1 aliphatic heterocycles. The van der Waals surface area contributed by atoms with Crippen LogP contribution in [0.25, 0.3) is 0 Å². The van der Waals surface area contributed by atoms with Crippen LogP contribution >= 0.6 is 12.4 Å². The number of aliphatic hydroxyl groups is 1. The van der Waals surface area contributed by atoms with E-state index in [1.807, 2.05) is 11.0 Å². The summed E-state index contributed by atoms with van der Waals surface area (Å²) in [6.07, 6.45) is 8.90. The SMILES string of the molecule is CC(C)C[C@H](C[C@H](O)[C@@H](N)CC1CCCCC1)C(=O)N1CCc2ccccc2C1.Cl. The fraction of sp³-hybridized carbons (Fsp3) is 0.720. The molecule has 1 aromatic carbocycles. The number of benzene rings is 1. The van der Waals surface area contributed by atoms with Crippen molar-refractivity contribution >= 4 is 18.3 Å². The summed E-state index contributed by atoms with van der Waals surface area (Å²) in [5.74, 6) is 1.11. The number of aliphatic hydroxyl groups excluding tert-OH is 1. The fourth-order valence-electron chi connectivity index (χ4n) is 5.24. The highest BCUT2D eigenvalue weighted by Crippen LogP contribution is 2.30. The van der Waals surface area contributed by atoms with Gasteiger partial charge in [-0.05, 0) is 48.6 Å². The van der Waals surface area contributed by atoms with Gasteiger partial charge < -0.3 is 15.7 Å². The lowest BCUT2D eigenvalue weighted by Crippen LogP contribution is -2.44. The van der Waals surface area contributed by atoms with E-state index in [0.29, 0.717) is 24.8 Å². The third kappa shape index (κ3) is 6.96. The first-order valence-corrected chi connectivity index (χ1v) is 11.7. The lowest BCUT2D eigenvalue weighted by molar-refractivity contribution is -0.138. The minimum absolute atomic E-state index is 0. The smallest absolute Gasteiger partial charge is 0.226 e. The standard InChI is InChI=1S/C25H40N2O2.ClH/c1-18(2)14-22(16-24(28)23(26)15-19-8-4-3-5-9-19)25(29)27-13-12-20-10-6-7-11-21(20)17-27;/h6-7,10-11,18-19,22-24,28H,3-5,8-9,12-17,26H2,1-2H3;1H/t22-,23+,24+;/m1./s1. The molecule has 1 aromatic rings. The van der Waals surface area contributed by atoms with Crippen molar-refractivity contribution in [3.05, 3.63) is 35.4 Å². The number of hydrogen-bond acceptors (Lipinski definition) is 3. The maximum atomic E-state index is 13.4. The molecule has 0 bridgehead atoms. The molecule has 3 atom stereocenters. The third-order valence-corrected chi connectivity index (χ3v) is 6.90. The van der Waals surface area contributed by atoms with Gasteiger partial charge in [0.05, 0.1) is 6.10 Å². The van der Waals surface area contributed by atoms with Gasteiger partial charge in [-0.2, -0.15) is 0 Å². The Balaban J connectivity index is 0.00000320. The van der Waals surface area contributed by atoms with E-state index >= 15 is 0 Å². The quantitative estimate of drug-likeness (QED) is 0.620. The lowest BCUT2D eigenvalue weighted by atomic mass is 9.81. The zero-order valence-corrected chi connectivity index (χ0v) is 19.6. The first kappa shape index (κ1) is 25.2. The Kier molecular flexibility index (Phi) is 10.1. The van der Waals surface area contributed by atoms with Crippen molar-refractivity contribution in [1.82, 2.24) is 4.90 Å². The molecule has 0 saturated heterocycles. The molecule has 1 amide bonds. The summed E-state index contributed by atoms with van der Waals surface area (Å²) < 4.78 is 0. The van der Waals surface area contributed by atoms with Crippen molar-refractivity contribution in [1.29, 1.82) is 0 Å². The van der Waals surface area contributed by atoms with Gasteiger partial charge >= 0.3 is 0 Å². The van der Waals surface area contributed by atoms with Crippen molar-refractivity contribution in [3.8, 4) is 0 Å². The van der Waals surface area contributed by atoms with Crippen LogP contribution in [0.4, 0.5) is 0 Å². The number of halogens is 1. The van der Waals surface area contributed by atoms with Crippen LogP contribution in [0.2, 0.25) is 0 Å². The zero-order chi connectivity index (χ0) is 20.8. The van der Waals surface area contributed by atoms with Crippen LogP contribution in [0.15, 0.2) is 24.3 Å². The Morgan fingerprint density at radius 2 is 1.80 bits per heavy atom. The number of nitrogens with zero attached hydrogens (tertiary/aromatic N) is 1. The van der Waals surface area contributed by atoms with Gasteiger partial charge in [-0.25, -0.2) is 0 Å². The highest BCUT2D eigenvalue weighted by atomic mass is 35.5. The Bertz CT molecular complexity index is 660. The number of rotatable bonds is 8. The van der Waals surface area contributed by atoms with E-state index in [9.17, 15) is 9.90 Å². The van der Waals surface area contributed by atoms with E-state index in [2.05, 4.69) is 32.0 Å². The molecule has 1 fully saturated rings. The summed E-state index contributed by atoms with van der Waals surface area (Å²) in [7, 11) is 0. The van der Waals surface area contributed by atoms with Crippen LogP contribution in [0.5, 0.6) is 0 Å². The zero-order valence-electron chi connectivity index (χ0n) is 18.8. The van der Waals surface area contributed by atoms with Gasteiger partial charge in [-0.1, -0.05) is 70.2 Å². The van der Waals surface area contributed by atoms with Gasteiger partial charge in [-0.15, -0.1) is 12.4 Å². The monoisotopic (exact) mass is 436 g/mol. The minimum Gasteiger partial charge on any atom is -0.391 e. The van der Waals surface area contributed by atoms with Gasteiger partial charge in [0.1, 0.15) is 0 Å². The van der Waals surface area contributed by atoms with Gasteiger partial charge in [0, 0.05) is 25.0 Å². The van der Waals surface area contributed by atoms with Crippen molar-refractivity contribution in [2.24, 2.45) is 23.5 Å². The summed E-state index contributed by atoms with van der Waals surface area (Å²) >= 11 is 0. The lowest BCUT2D eigenvalue weighted by Gasteiger charge is -2.34. The minimum atomic E-state index is -0.596. The normalized spacial score (nSPS) is 20.2. The second kappa shape index (κ2) is 12.1. The summed E-state index contributed by atoms with van der Waals surface area (Å²) in [5.41, 5.74) is 9.00. The molecular weight excluding hydrogens is 396 g/mol. The van der Waals surface area contributed by atoms with E-state index in [1.165, 1.54) is 43.2 Å². The number of fused-ring (bicyclic) bond motifs is 1. The molecule has 4 nitrogen and oxygen atoms in total. The van der Waals surface area contributed by atoms with Crippen molar-refractivity contribution in [3.63, 3.8) is 0 Å². The molecule has 0 spiro atoms. The largest absolute Gasteiger partial charge is 0.391 e. The van der Waals surface area contributed by atoms with Crippen LogP contribution < -0.4 is 5.73 Å². The topological polar surface area (TPSA) is 66.6 Å². The fourth-order valence-corrected chi connectivity index (χ4v) is 5.24. The first-order chi connectivity index (χ1) is 13.9. The predicted octanol–water partition coefficient (Wildman–Crippen LogP) is 4.70. The summed E-state index contributed by atoms with van der Waals surface area (Å²) in [5, 5.41) is 10.8. The molecule has 5 heteroatoms. The second-order valence-corrected chi connectivity index (χ2v) is 9.81. The van der Waals surface area contributed by atoms with E-state index in [1.54, 1.807) is 0 Å². The molecule has 3 rings (SSSR count). The summed E-state index contributed by atoms with van der Waals surface area (Å²) in [6, 6.07) is 8.19. The summed E-state index contributed by atoms with van der Waals surface area (Å²) in [6.45, 7) is 5.77. The Morgan fingerprint density at radius 1 is 1.13 bits per heavy atom. The highest BCUT2D eigenvalue weighted by molar-refractivity contribution is 5.85. The molecule has 0 aromatic heterocycles. The molecule has 1 heterocycles. The van der Waals surface area contributed by atoms with Crippen LogP contribution in [-0.2, 0) is 17.8 Å². The van der Waals surface area contributed by atoms with Crippen molar-refractivity contribution in [2.45, 2.75) is 90.3 Å². The molecule has 3 N–H and O–H groups in total. The molecule has 30 heavy (non-hydrogen) atoms. The molecule has 0 unspecified atom stereocenters. The van der Waals surface area contributed by atoms with Crippen LogP contribution in [0.1, 0.15) is 76.3 Å². The molecule has 2 aliphatic rings. The van der Waals surface area contributed by atoms with Crippen LogP contribution in [-0.4, -0.2) is 34.6 Å². The maximum Gasteiger partial charge on any atom is 0.226 e. The Labute approximate surface area is 189 Å². The molecule has 1 aliphatic carbocycles. The molecule has 1 saturated carbocycles. The number of carbonyl (C=O) groups excluding carboxylic acids is 1. The van der Waals surface area contributed by atoms with Crippen molar-refractivity contribution in [2.75, 3.05) is 6.54 Å². The Hall–Kier alpha value is -1.10. The van der Waals surface area contributed by atoms with E-state index in [-0.39, 0.29) is 30.3 Å². The molecule has 170 valence electrons. The van der Waals surface area contributed by atoms with Crippen LogP contribution in [0, 0.1) is 17.8 Å². The van der Waals surface area contributed by atoms with Crippen molar-refractivity contribution < 1.29 is 9.90 Å². The van der Waals surface area contributed by atoms with Gasteiger partial charge in [0.2, 0.25) is 5.91 Å². The van der Waals surface area contributed by atoms with Gasteiger partial charge in [0.15, 0.2) is 0 Å². The number of amides is 1. The number of nitrogens with two attached hydrogens (primary N) is 1. The molecular formula is C25H41ClN2O2. The number of carbonyl (C=O) groups is 1. The Morgan fingerprint density at radius 3 is 2.47 bits per heavy atom. The average Bonchev–Trinajstić information content (AvgIpc) is 2.72. The predicted molar refractivity (Wildman–Crippen MR) is 126 cm³/mol. The van der Waals surface area contributed by atoms with E-state index in [4.69, 9.17) is 5.73 Å². The highest BCUT2D eigenvalue weighted by Gasteiger charge is 2.31. The molecule has 0 radical (unpaired) electrons. The van der Waals surface area contributed by atoms with Gasteiger partial charge in [-0.3, -0.25) is 4.79 Å². The number of hydrogen-bond donors (Lipinski definition) is 2. The first-order valence-electron chi connectivity index (χ1n) is 11.7. The summed E-state index contributed by atoms with van der Waals surface area (Å²) in [4.78, 5) is 15.4. The van der Waals surface area contributed by atoms with E-state index < -0.39 is 6.10 Å². The third-order valence-electron chi connectivity index (χ3n) is 6.90.